The largest absolute Gasteiger partial charge is 0.481 e. The van der Waals surface area contributed by atoms with Gasteiger partial charge in [-0.05, 0) is 68.1 Å². The van der Waals surface area contributed by atoms with Gasteiger partial charge in [-0.3, -0.25) is 9.59 Å². The maximum absolute atomic E-state index is 13.8. The van der Waals surface area contributed by atoms with E-state index in [0.29, 0.717) is 17.1 Å². The Hall–Kier alpha value is -3.35. The zero-order valence-electron chi connectivity index (χ0n) is 18.0. The molecule has 168 valence electrons. The minimum absolute atomic E-state index is 0.0526. The molecule has 1 unspecified atom stereocenters. The topological polar surface area (TPSA) is 91.6 Å². The molecule has 1 aliphatic carbocycles. The average Bonchev–Trinajstić information content (AvgIpc) is 3.41. The summed E-state index contributed by atoms with van der Waals surface area (Å²) in [5.74, 6) is -0.312. The predicted octanol–water partition coefficient (Wildman–Crippen LogP) is 5.43. The number of amides is 1. The number of halogens is 1. The van der Waals surface area contributed by atoms with Gasteiger partial charge in [0.2, 0.25) is 0 Å². The van der Waals surface area contributed by atoms with Crippen LogP contribution in [-0.4, -0.2) is 23.5 Å². The van der Waals surface area contributed by atoms with Crippen molar-refractivity contribution in [3.05, 3.63) is 65.2 Å². The van der Waals surface area contributed by atoms with Crippen LogP contribution < -0.4 is 10.6 Å². The Bertz CT molecular complexity index is 1120. The molecular formula is C25H27FN2O4. The first-order valence-corrected chi connectivity index (χ1v) is 11.0. The fourth-order valence-electron chi connectivity index (χ4n) is 4.48. The fourth-order valence-corrected chi connectivity index (χ4v) is 4.48. The Kier molecular flexibility index (Phi) is 6.44. The van der Waals surface area contributed by atoms with E-state index in [0.717, 1.165) is 35.2 Å². The molecule has 1 amide bonds. The smallest absolute Gasteiger partial charge is 0.305 e. The summed E-state index contributed by atoms with van der Waals surface area (Å²) in [4.78, 5) is 22.8. The van der Waals surface area contributed by atoms with Crippen molar-refractivity contribution in [3.8, 4) is 0 Å². The Morgan fingerprint density at radius 1 is 1.16 bits per heavy atom. The highest BCUT2D eigenvalue weighted by Crippen LogP contribution is 2.41. The summed E-state index contributed by atoms with van der Waals surface area (Å²) in [5, 5.41) is 15.7. The standard InChI is InChI=1S/C25H27FN2O4/c1-15-20-14-18(26)8-11-21(20)32-24(15)23(16-4-2-3-5-16)28-19-9-6-17(7-10-19)25(31)27-13-12-22(29)30/h6-11,14,16,23,28H,2-5,12-13H2,1H3,(H,27,31)(H,29,30). The lowest BCUT2D eigenvalue weighted by Gasteiger charge is -2.25. The molecule has 0 spiro atoms. The van der Waals surface area contributed by atoms with Gasteiger partial charge in [-0.1, -0.05) is 12.8 Å². The Balaban J connectivity index is 1.55. The normalized spacial score (nSPS) is 15.1. The highest BCUT2D eigenvalue weighted by Gasteiger charge is 2.31. The number of rotatable bonds is 8. The van der Waals surface area contributed by atoms with Crippen LogP contribution in [0.2, 0.25) is 0 Å². The van der Waals surface area contributed by atoms with Gasteiger partial charge in [0.05, 0.1) is 12.5 Å². The average molecular weight is 438 g/mol. The molecule has 0 aliphatic heterocycles. The third kappa shape index (κ3) is 4.77. The summed E-state index contributed by atoms with van der Waals surface area (Å²) >= 11 is 0. The second-order valence-corrected chi connectivity index (χ2v) is 8.38. The number of anilines is 1. The number of aliphatic carboxylic acids is 1. The quantitative estimate of drug-likeness (QED) is 0.436. The minimum Gasteiger partial charge on any atom is -0.481 e. The molecule has 2 aromatic carbocycles. The molecule has 0 bridgehead atoms. The summed E-state index contributed by atoms with van der Waals surface area (Å²) in [7, 11) is 0. The number of fused-ring (bicyclic) bond motifs is 1. The van der Waals surface area contributed by atoms with Crippen LogP contribution in [0.4, 0.5) is 10.1 Å². The van der Waals surface area contributed by atoms with Crippen molar-refractivity contribution in [2.24, 2.45) is 5.92 Å². The molecule has 1 saturated carbocycles. The molecular weight excluding hydrogens is 411 g/mol. The maximum Gasteiger partial charge on any atom is 0.305 e. The number of benzene rings is 2. The molecule has 1 aromatic heterocycles. The highest BCUT2D eigenvalue weighted by molar-refractivity contribution is 5.94. The molecule has 1 aliphatic rings. The van der Waals surface area contributed by atoms with E-state index < -0.39 is 5.97 Å². The number of hydrogen-bond acceptors (Lipinski definition) is 4. The lowest BCUT2D eigenvalue weighted by Crippen LogP contribution is -2.26. The van der Waals surface area contributed by atoms with E-state index >= 15 is 0 Å². The molecule has 1 heterocycles. The molecule has 6 nitrogen and oxygen atoms in total. The summed E-state index contributed by atoms with van der Waals surface area (Å²) in [5.41, 5.74) is 2.94. The molecule has 1 atom stereocenters. The molecule has 3 aromatic rings. The molecule has 1 fully saturated rings. The van der Waals surface area contributed by atoms with Crippen molar-refractivity contribution in [3.63, 3.8) is 0 Å². The van der Waals surface area contributed by atoms with Gasteiger partial charge >= 0.3 is 5.97 Å². The van der Waals surface area contributed by atoms with E-state index in [2.05, 4.69) is 10.6 Å². The number of carboxylic acid groups (broad SMARTS) is 1. The first kappa shape index (κ1) is 21.9. The SMILES string of the molecule is Cc1c(C(Nc2ccc(C(=O)NCCC(=O)O)cc2)C2CCCC2)oc2ccc(F)cc12. The first-order valence-electron chi connectivity index (χ1n) is 11.0. The number of nitrogens with one attached hydrogen (secondary N) is 2. The summed E-state index contributed by atoms with van der Waals surface area (Å²) in [6, 6.07) is 11.6. The molecule has 0 radical (unpaired) electrons. The van der Waals surface area contributed by atoms with Crippen molar-refractivity contribution in [2.45, 2.75) is 45.1 Å². The summed E-state index contributed by atoms with van der Waals surface area (Å²) in [6.07, 6.45) is 4.41. The van der Waals surface area contributed by atoms with Gasteiger partial charge in [0.25, 0.3) is 5.91 Å². The lowest BCUT2D eigenvalue weighted by atomic mass is 9.93. The number of aryl methyl sites for hydroxylation is 1. The van der Waals surface area contributed by atoms with Gasteiger partial charge in [0.1, 0.15) is 17.2 Å². The fraction of sp³-hybridized carbons (Fsp3) is 0.360. The lowest BCUT2D eigenvalue weighted by molar-refractivity contribution is -0.136. The van der Waals surface area contributed by atoms with Crippen molar-refractivity contribution in [1.82, 2.24) is 5.32 Å². The van der Waals surface area contributed by atoms with Gasteiger partial charge in [-0.15, -0.1) is 0 Å². The third-order valence-corrected chi connectivity index (χ3v) is 6.18. The van der Waals surface area contributed by atoms with Gasteiger partial charge in [0, 0.05) is 28.7 Å². The molecule has 32 heavy (non-hydrogen) atoms. The van der Waals surface area contributed by atoms with Crippen molar-refractivity contribution < 1.29 is 23.5 Å². The van der Waals surface area contributed by atoms with Crippen LogP contribution in [0.5, 0.6) is 0 Å². The number of carboxylic acids is 1. The summed E-state index contributed by atoms with van der Waals surface area (Å²) in [6.45, 7) is 2.05. The maximum atomic E-state index is 13.8. The molecule has 0 saturated heterocycles. The van der Waals surface area contributed by atoms with Crippen LogP contribution in [0.25, 0.3) is 11.0 Å². The second-order valence-electron chi connectivity index (χ2n) is 8.38. The Morgan fingerprint density at radius 2 is 1.88 bits per heavy atom. The van der Waals surface area contributed by atoms with E-state index in [4.69, 9.17) is 9.52 Å². The Morgan fingerprint density at radius 3 is 2.56 bits per heavy atom. The molecule has 7 heteroatoms. The third-order valence-electron chi connectivity index (χ3n) is 6.18. The van der Waals surface area contributed by atoms with Crippen LogP contribution in [0.15, 0.2) is 46.9 Å². The van der Waals surface area contributed by atoms with Crippen molar-refractivity contribution in [1.29, 1.82) is 0 Å². The van der Waals surface area contributed by atoms with Crippen molar-refractivity contribution in [2.75, 3.05) is 11.9 Å². The zero-order valence-corrected chi connectivity index (χ0v) is 18.0. The van der Waals surface area contributed by atoms with Gasteiger partial charge in [0.15, 0.2) is 0 Å². The predicted molar refractivity (Wildman–Crippen MR) is 120 cm³/mol. The second kappa shape index (κ2) is 9.42. The van der Waals surface area contributed by atoms with E-state index in [1.807, 2.05) is 19.1 Å². The van der Waals surface area contributed by atoms with E-state index in [-0.39, 0.29) is 30.7 Å². The van der Waals surface area contributed by atoms with Crippen LogP contribution >= 0.6 is 0 Å². The number of furan rings is 1. The van der Waals surface area contributed by atoms with Crippen LogP contribution in [0, 0.1) is 18.7 Å². The van der Waals surface area contributed by atoms with E-state index in [1.54, 1.807) is 18.2 Å². The first-order chi connectivity index (χ1) is 15.4. The van der Waals surface area contributed by atoms with Gasteiger partial charge in [-0.25, -0.2) is 4.39 Å². The zero-order chi connectivity index (χ0) is 22.7. The molecule has 3 N–H and O–H groups in total. The van der Waals surface area contributed by atoms with Gasteiger partial charge in [-0.2, -0.15) is 0 Å². The van der Waals surface area contributed by atoms with Crippen molar-refractivity contribution >= 4 is 28.5 Å². The molecule has 4 rings (SSSR count). The summed E-state index contributed by atoms with van der Waals surface area (Å²) < 4.78 is 20.0. The monoisotopic (exact) mass is 438 g/mol. The van der Waals surface area contributed by atoms with E-state index in [1.165, 1.54) is 25.0 Å². The van der Waals surface area contributed by atoms with Crippen LogP contribution in [0.3, 0.4) is 0 Å². The Labute approximate surface area is 185 Å². The van der Waals surface area contributed by atoms with Gasteiger partial charge < -0.3 is 20.2 Å². The number of hydrogen-bond donors (Lipinski definition) is 3. The highest BCUT2D eigenvalue weighted by atomic mass is 19.1. The van der Waals surface area contributed by atoms with E-state index in [9.17, 15) is 14.0 Å². The number of carbonyl (C=O) groups is 2. The van der Waals surface area contributed by atoms with Crippen LogP contribution in [-0.2, 0) is 4.79 Å². The minimum atomic E-state index is -0.952. The number of carbonyl (C=O) groups excluding carboxylic acids is 1. The van der Waals surface area contributed by atoms with Crippen LogP contribution in [0.1, 0.15) is 59.8 Å².